The highest BCUT2D eigenvalue weighted by Crippen LogP contribution is 2.20. The molecule has 0 unspecified atom stereocenters. The van der Waals surface area contributed by atoms with Gasteiger partial charge in [-0.2, -0.15) is 5.10 Å². The monoisotopic (exact) mass is 393 g/mol. The van der Waals surface area contributed by atoms with Crippen LogP contribution in [-0.4, -0.2) is 17.0 Å². The van der Waals surface area contributed by atoms with Gasteiger partial charge in [-0.25, -0.2) is 5.43 Å². The second-order valence-corrected chi connectivity index (χ2v) is 6.07. The molecule has 1 amide bonds. The first-order chi connectivity index (χ1) is 14.1. The molecule has 0 aliphatic rings. The number of ether oxygens (including phenoxy) is 1. The van der Waals surface area contributed by atoms with Crippen molar-refractivity contribution >= 4 is 17.8 Å². The predicted octanol–water partition coefficient (Wildman–Crippen LogP) is 4.09. The lowest BCUT2D eigenvalue weighted by Crippen LogP contribution is -2.16. The van der Waals surface area contributed by atoms with Gasteiger partial charge in [-0.15, -0.1) is 0 Å². The van der Waals surface area contributed by atoms with Crippen LogP contribution in [0.25, 0.3) is 0 Å². The van der Waals surface area contributed by atoms with Crippen LogP contribution in [0.2, 0.25) is 0 Å². The summed E-state index contributed by atoms with van der Waals surface area (Å²) in [4.78, 5) is 22.8. The fourth-order valence-electron chi connectivity index (χ4n) is 2.60. The minimum atomic E-state index is -0.535. The molecular weight excluding hydrogens is 374 g/mol. The van der Waals surface area contributed by atoms with E-state index in [1.807, 2.05) is 37.3 Å². The third-order valence-electron chi connectivity index (χ3n) is 4.08. The quantitative estimate of drug-likeness (QED) is 0.352. The topological polar surface area (TPSA) is 107 Å². The molecule has 1 heterocycles. The first-order valence-corrected chi connectivity index (χ1v) is 8.94. The number of furan rings is 1. The Kier molecular flexibility index (Phi) is 6.36. The molecule has 29 heavy (non-hydrogen) atoms. The zero-order chi connectivity index (χ0) is 20.6. The van der Waals surface area contributed by atoms with Gasteiger partial charge in [0.25, 0.3) is 5.69 Å². The van der Waals surface area contributed by atoms with E-state index in [-0.39, 0.29) is 18.1 Å². The molecule has 1 aromatic heterocycles. The van der Waals surface area contributed by atoms with Gasteiger partial charge >= 0.3 is 5.91 Å². The molecule has 8 heteroatoms. The second-order valence-electron chi connectivity index (χ2n) is 6.07. The maximum absolute atomic E-state index is 12.1. The summed E-state index contributed by atoms with van der Waals surface area (Å²) < 4.78 is 11.0. The highest BCUT2D eigenvalue weighted by molar-refractivity contribution is 5.92. The van der Waals surface area contributed by atoms with E-state index < -0.39 is 10.8 Å². The van der Waals surface area contributed by atoms with Crippen LogP contribution >= 0.6 is 0 Å². The Morgan fingerprint density at radius 1 is 1.21 bits per heavy atom. The SMILES string of the molecule is CCc1ccc(/C=N\NC(=O)c2ccc(COc3ccccc3)o2)cc1[N+](=O)[O-]. The summed E-state index contributed by atoms with van der Waals surface area (Å²) in [5.41, 5.74) is 3.50. The molecule has 0 fully saturated rings. The van der Waals surface area contributed by atoms with Gasteiger partial charge in [0, 0.05) is 17.2 Å². The number of hydrogen-bond donors (Lipinski definition) is 1. The van der Waals surface area contributed by atoms with Gasteiger partial charge in [-0.1, -0.05) is 37.3 Å². The number of rotatable bonds is 8. The van der Waals surface area contributed by atoms with E-state index in [0.717, 1.165) is 0 Å². The minimum absolute atomic E-state index is 0.0249. The summed E-state index contributed by atoms with van der Waals surface area (Å²) >= 11 is 0. The van der Waals surface area contributed by atoms with Crippen LogP contribution in [0.5, 0.6) is 5.75 Å². The van der Waals surface area contributed by atoms with Gasteiger partial charge in [-0.3, -0.25) is 14.9 Å². The van der Waals surface area contributed by atoms with E-state index >= 15 is 0 Å². The van der Waals surface area contributed by atoms with Crippen LogP contribution in [0.1, 0.15) is 34.4 Å². The molecule has 0 saturated heterocycles. The number of para-hydroxylation sites is 1. The van der Waals surface area contributed by atoms with Crippen molar-refractivity contribution in [2.24, 2.45) is 5.10 Å². The molecule has 148 valence electrons. The standard InChI is InChI=1S/C21H19N3O5/c1-2-16-9-8-15(12-19(16)24(26)27)13-22-23-21(25)20-11-10-18(29-20)14-28-17-6-4-3-5-7-17/h3-13H,2,14H2,1H3,(H,23,25)/b22-13-. The number of aryl methyl sites for hydroxylation is 1. The van der Waals surface area contributed by atoms with Gasteiger partial charge < -0.3 is 9.15 Å². The molecule has 0 spiro atoms. The molecule has 0 bridgehead atoms. The zero-order valence-electron chi connectivity index (χ0n) is 15.7. The van der Waals surface area contributed by atoms with Crippen molar-refractivity contribution in [2.75, 3.05) is 0 Å². The normalized spacial score (nSPS) is 10.8. The van der Waals surface area contributed by atoms with Crippen molar-refractivity contribution < 1.29 is 18.9 Å². The van der Waals surface area contributed by atoms with Crippen molar-refractivity contribution in [3.8, 4) is 5.75 Å². The third kappa shape index (κ3) is 5.29. The van der Waals surface area contributed by atoms with E-state index in [1.54, 1.807) is 18.2 Å². The van der Waals surface area contributed by atoms with Gasteiger partial charge in [0.05, 0.1) is 11.1 Å². The number of hydrazone groups is 1. The number of hydrogen-bond acceptors (Lipinski definition) is 6. The number of nitrogens with zero attached hydrogens (tertiary/aromatic N) is 2. The zero-order valence-corrected chi connectivity index (χ0v) is 15.7. The molecule has 2 aromatic carbocycles. The number of amides is 1. The number of carbonyl (C=O) groups is 1. The van der Waals surface area contributed by atoms with Crippen LogP contribution in [0.15, 0.2) is 70.2 Å². The molecule has 8 nitrogen and oxygen atoms in total. The highest BCUT2D eigenvalue weighted by atomic mass is 16.6. The third-order valence-corrected chi connectivity index (χ3v) is 4.08. The largest absolute Gasteiger partial charge is 0.486 e. The lowest BCUT2D eigenvalue weighted by atomic mass is 10.1. The van der Waals surface area contributed by atoms with E-state index in [1.165, 1.54) is 18.3 Å². The second kappa shape index (κ2) is 9.32. The Labute approximate surface area is 167 Å². The summed E-state index contributed by atoms with van der Waals surface area (Å²) in [5, 5.41) is 15.0. The Hall–Kier alpha value is -3.94. The molecule has 0 saturated carbocycles. The molecule has 3 aromatic rings. The Morgan fingerprint density at radius 3 is 2.72 bits per heavy atom. The fourth-order valence-corrected chi connectivity index (χ4v) is 2.60. The average Bonchev–Trinajstić information content (AvgIpc) is 3.22. The van der Waals surface area contributed by atoms with E-state index in [4.69, 9.17) is 9.15 Å². The lowest BCUT2D eigenvalue weighted by molar-refractivity contribution is -0.385. The van der Waals surface area contributed by atoms with E-state index in [2.05, 4.69) is 10.5 Å². The number of nitro benzene ring substituents is 1. The van der Waals surface area contributed by atoms with Gasteiger partial charge in [0.2, 0.25) is 0 Å². The highest BCUT2D eigenvalue weighted by Gasteiger charge is 2.13. The Balaban J connectivity index is 1.57. The van der Waals surface area contributed by atoms with E-state index in [0.29, 0.717) is 29.1 Å². The number of benzene rings is 2. The Bertz CT molecular complexity index is 1030. The molecule has 0 aliphatic carbocycles. The summed E-state index contributed by atoms with van der Waals surface area (Å²) in [6, 6.07) is 17.2. The minimum Gasteiger partial charge on any atom is -0.486 e. The van der Waals surface area contributed by atoms with Crippen LogP contribution in [0, 0.1) is 10.1 Å². The molecule has 0 radical (unpaired) electrons. The van der Waals surface area contributed by atoms with E-state index in [9.17, 15) is 14.9 Å². The van der Waals surface area contributed by atoms with Crippen LogP contribution in [-0.2, 0) is 13.0 Å². The van der Waals surface area contributed by atoms with Crippen molar-refractivity contribution in [3.05, 3.63) is 93.4 Å². The average molecular weight is 393 g/mol. The van der Waals surface area contributed by atoms with Crippen LogP contribution < -0.4 is 10.2 Å². The van der Waals surface area contributed by atoms with Crippen molar-refractivity contribution in [2.45, 2.75) is 20.0 Å². The van der Waals surface area contributed by atoms with Crippen molar-refractivity contribution in [1.82, 2.24) is 5.43 Å². The van der Waals surface area contributed by atoms with Crippen LogP contribution in [0.3, 0.4) is 0 Å². The van der Waals surface area contributed by atoms with Crippen molar-refractivity contribution in [1.29, 1.82) is 0 Å². The summed E-state index contributed by atoms with van der Waals surface area (Å²) in [5.74, 6) is 0.740. The molecular formula is C21H19N3O5. The molecule has 0 atom stereocenters. The van der Waals surface area contributed by atoms with Gasteiger partial charge in [0.15, 0.2) is 5.76 Å². The number of nitrogens with one attached hydrogen (secondary N) is 1. The first kappa shape index (κ1) is 19.8. The Morgan fingerprint density at radius 2 is 2.00 bits per heavy atom. The predicted molar refractivity (Wildman–Crippen MR) is 107 cm³/mol. The smallest absolute Gasteiger partial charge is 0.307 e. The molecule has 1 N–H and O–H groups in total. The summed E-state index contributed by atoms with van der Waals surface area (Å²) in [7, 11) is 0. The molecule has 0 aliphatic heterocycles. The number of carbonyl (C=O) groups excluding carboxylic acids is 1. The lowest BCUT2D eigenvalue weighted by Gasteiger charge is -2.03. The maximum Gasteiger partial charge on any atom is 0.307 e. The fraction of sp³-hybridized carbons (Fsp3) is 0.143. The van der Waals surface area contributed by atoms with Gasteiger partial charge in [-0.05, 0) is 30.7 Å². The first-order valence-electron chi connectivity index (χ1n) is 8.94. The number of nitro groups is 1. The van der Waals surface area contributed by atoms with Crippen molar-refractivity contribution in [3.63, 3.8) is 0 Å². The van der Waals surface area contributed by atoms with Crippen LogP contribution in [0.4, 0.5) is 5.69 Å². The summed E-state index contributed by atoms with van der Waals surface area (Å²) in [6.45, 7) is 2.03. The van der Waals surface area contributed by atoms with Gasteiger partial charge in [0.1, 0.15) is 18.1 Å². The molecule has 3 rings (SSSR count). The maximum atomic E-state index is 12.1. The summed E-state index contributed by atoms with van der Waals surface area (Å²) in [6.07, 6.45) is 1.89.